The smallest absolute Gasteiger partial charge is 0.334 e. The lowest BCUT2D eigenvalue weighted by atomic mass is 10.0. The molecule has 1 fully saturated rings. The van der Waals surface area contributed by atoms with Crippen LogP contribution in [0.25, 0.3) is 0 Å². The first-order chi connectivity index (χ1) is 11.6. The average molecular weight is 328 g/mol. The predicted molar refractivity (Wildman–Crippen MR) is 83.9 cm³/mol. The van der Waals surface area contributed by atoms with Gasteiger partial charge in [-0.05, 0) is 18.2 Å². The van der Waals surface area contributed by atoms with Gasteiger partial charge in [-0.2, -0.15) is 0 Å². The van der Waals surface area contributed by atoms with Crippen LogP contribution in [0, 0.1) is 0 Å². The first-order valence-electron chi connectivity index (χ1n) is 7.47. The van der Waals surface area contributed by atoms with Gasteiger partial charge in [-0.25, -0.2) is 4.79 Å². The number of benzene rings is 1. The van der Waals surface area contributed by atoms with Crippen molar-refractivity contribution in [2.75, 3.05) is 19.7 Å². The molecule has 1 aliphatic rings. The number of H-pyrrole nitrogens is 1. The van der Waals surface area contributed by atoms with Crippen molar-refractivity contribution in [1.82, 2.24) is 9.88 Å². The summed E-state index contributed by atoms with van der Waals surface area (Å²) >= 11 is 0. The second-order valence-corrected chi connectivity index (χ2v) is 5.45. The highest BCUT2D eigenvalue weighted by Gasteiger charge is 2.29. The van der Waals surface area contributed by atoms with Crippen LogP contribution in [0.4, 0.5) is 0 Å². The molecule has 0 radical (unpaired) electrons. The molecular weight excluding hydrogens is 312 g/mol. The fourth-order valence-corrected chi connectivity index (χ4v) is 2.56. The number of nitrogens with zero attached hydrogens (tertiary/aromatic N) is 1. The van der Waals surface area contributed by atoms with Gasteiger partial charge in [0.25, 0.3) is 5.91 Å². The highest BCUT2D eigenvalue weighted by molar-refractivity contribution is 6.09. The molecule has 1 aromatic heterocycles. The van der Waals surface area contributed by atoms with Crippen LogP contribution >= 0.6 is 0 Å². The Labute approximate surface area is 137 Å². The van der Waals surface area contributed by atoms with Crippen LogP contribution in [0.15, 0.2) is 42.7 Å². The summed E-state index contributed by atoms with van der Waals surface area (Å²) in [5.41, 5.74) is 1.44. The number of hydrogen-bond donors (Lipinski definition) is 2. The van der Waals surface area contributed by atoms with Crippen LogP contribution in [0.5, 0.6) is 0 Å². The normalized spacial score (nSPS) is 17.5. The van der Waals surface area contributed by atoms with E-state index in [2.05, 4.69) is 4.98 Å². The molecule has 2 heterocycles. The molecule has 2 N–H and O–H groups in total. The Morgan fingerprint density at radius 3 is 2.42 bits per heavy atom. The minimum atomic E-state index is -1.08. The van der Waals surface area contributed by atoms with E-state index in [9.17, 15) is 14.4 Å². The number of rotatable bonds is 4. The predicted octanol–water partition coefficient (Wildman–Crippen LogP) is 1.17. The van der Waals surface area contributed by atoms with Crippen LogP contribution in [-0.2, 0) is 9.53 Å². The first-order valence-corrected chi connectivity index (χ1v) is 7.47. The Kier molecular flexibility index (Phi) is 4.43. The van der Waals surface area contributed by atoms with E-state index < -0.39 is 12.1 Å². The van der Waals surface area contributed by atoms with Crippen molar-refractivity contribution in [1.29, 1.82) is 0 Å². The van der Waals surface area contributed by atoms with Crippen LogP contribution in [0.3, 0.4) is 0 Å². The number of aromatic nitrogens is 1. The zero-order valence-electron chi connectivity index (χ0n) is 12.8. The number of carboxylic acids is 1. The van der Waals surface area contributed by atoms with Crippen molar-refractivity contribution < 1.29 is 24.2 Å². The summed E-state index contributed by atoms with van der Waals surface area (Å²) in [6, 6.07) is 8.03. The van der Waals surface area contributed by atoms with Gasteiger partial charge >= 0.3 is 5.97 Å². The molecule has 0 bridgehead atoms. The van der Waals surface area contributed by atoms with Crippen LogP contribution < -0.4 is 0 Å². The highest BCUT2D eigenvalue weighted by atomic mass is 16.5. The summed E-state index contributed by atoms with van der Waals surface area (Å²) < 4.78 is 5.11. The molecule has 0 saturated carbocycles. The second kappa shape index (κ2) is 6.67. The lowest BCUT2D eigenvalue weighted by Gasteiger charge is -2.30. The minimum absolute atomic E-state index is 0.0121. The first kappa shape index (κ1) is 15.9. The maximum absolute atomic E-state index is 12.5. The third-order valence-corrected chi connectivity index (χ3v) is 3.88. The molecule has 1 unspecified atom stereocenters. The molecule has 7 heteroatoms. The van der Waals surface area contributed by atoms with Gasteiger partial charge in [0.05, 0.1) is 13.2 Å². The van der Waals surface area contributed by atoms with Gasteiger partial charge in [0.2, 0.25) is 0 Å². The minimum Gasteiger partial charge on any atom is -0.479 e. The number of aliphatic carboxylic acids is 1. The average Bonchev–Trinajstić information content (AvgIpc) is 3.15. The Morgan fingerprint density at radius 2 is 1.79 bits per heavy atom. The molecule has 24 heavy (non-hydrogen) atoms. The van der Waals surface area contributed by atoms with E-state index in [0.29, 0.717) is 23.2 Å². The summed E-state index contributed by atoms with van der Waals surface area (Å²) in [4.78, 5) is 39.9. The topological polar surface area (TPSA) is 99.7 Å². The molecule has 1 saturated heterocycles. The Hall–Kier alpha value is -2.93. The molecule has 1 aromatic carbocycles. The third-order valence-electron chi connectivity index (χ3n) is 3.88. The molecule has 0 aliphatic carbocycles. The Balaban J connectivity index is 1.72. The number of carboxylic acid groups (broad SMARTS) is 1. The van der Waals surface area contributed by atoms with Crippen LogP contribution in [0.1, 0.15) is 26.3 Å². The Bertz CT molecular complexity index is 752. The molecule has 1 aliphatic heterocycles. The molecule has 1 amide bonds. The zero-order chi connectivity index (χ0) is 17.1. The lowest BCUT2D eigenvalue weighted by Crippen LogP contribution is -2.48. The number of nitrogens with one attached hydrogen (secondary N) is 1. The maximum atomic E-state index is 12.5. The molecular formula is C17H16N2O5. The van der Waals surface area contributed by atoms with E-state index in [1.54, 1.807) is 42.7 Å². The summed E-state index contributed by atoms with van der Waals surface area (Å²) in [5, 5.41) is 8.99. The number of ketones is 1. The highest BCUT2D eigenvalue weighted by Crippen LogP contribution is 2.14. The number of carbonyl (C=O) groups excluding carboxylic acids is 2. The summed E-state index contributed by atoms with van der Waals surface area (Å²) in [6.45, 7) is 0.539. The Morgan fingerprint density at radius 1 is 1.08 bits per heavy atom. The van der Waals surface area contributed by atoms with Crippen molar-refractivity contribution >= 4 is 17.7 Å². The largest absolute Gasteiger partial charge is 0.479 e. The quantitative estimate of drug-likeness (QED) is 0.821. The number of ether oxygens (including phenoxy) is 1. The second-order valence-electron chi connectivity index (χ2n) is 5.45. The van der Waals surface area contributed by atoms with E-state index in [1.165, 1.54) is 4.90 Å². The van der Waals surface area contributed by atoms with Crippen molar-refractivity contribution in [2.24, 2.45) is 0 Å². The SMILES string of the molecule is O=C(c1ccc(C(=O)N2CCOC(C(=O)O)C2)cc1)c1cc[nH]c1. The van der Waals surface area contributed by atoms with E-state index >= 15 is 0 Å². The lowest BCUT2D eigenvalue weighted by molar-refractivity contribution is -0.154. The van der Waals surface area contributed by atoms with Gasteiger partial charge in [-0.3, -0.25) is 9.59 Å². The number of amides is 1. The molecule has 1 atom stereocenters. The number of carbonyl (C=O) groups is 3. The zero-order valence-corrected chi connectivity index (χ0v) is 12.8. The van der Waals surface area contributed by atoms with E-state index in [4.69, 9.17) is 9.84 Å². The van der Waals surface area contributed by atoms with Crippen molar-refractivity contribution in [3.8, 4) is 0 Å². The number of morpholine rings is 1. The molecule has 3 rings (SSSR count). The number of aromatic amines is 1. The monoisotopic (exact) mass is 328 g/mol. The van der Waals surface area contributed by atoms with Crippen molar-refractivity contribution in [2.45, 2.75) is 6.10 Å². The standard InChI is InChI=1S/C17H16N2O5/c20-15(13-5-6-18-9-13)11-1-3-12(4-2-11)16(21)19-7-8-24-14(10-19)17(22)23/h1-6,9,14,18H,7-8,10H2,(H,22,23). The summed E-state index contributed by atoms with van der Waals surface area (Å²) in [6.07, 6.45) is 2.28. The van der Waals surface area contributed by atoms with Crippen molar-refractivity contribution in [3.63, 3.8) is 0 Å². The fraction of sp³-hybridized carbons (Fsp3) is 0.235. The molecule has 0 spiro atoms. The molecule has 124 valence electrons. The van der Waals surface area contributed by atoms with Crippen LogP contribution in [-0.4, -0.2) is 58.5 Å². The molecule has 2 aromatic rings. The van der Waals surface area contributed by atoms with Gasteiger partial charge in [-0.1, -0.05) is 12.1 Å². The van der Waals surface area contributed by atoms with E-state index in [-0.39, 0.29) is 24.8 Å². The van der Waals surface area contributed by atoms with Gasteiger partial charge in [0.15, 0.2) is 11.9 Å². The fourth-order valence-electron chi connectivity index (χ4n) is 2.56. The van der Waals surface area contributed by atoms with Crippen molar-refractivity contribution in [3.05, 3.63) is 59.4 Å². The van der Waals surface area contributed by atoms with Gasteiger partial charge < -0.3 is 19.7 Å². The summed E-state index contributed by atoms with van der Waals surface area (Å²) in [7, 11) is 0. The maximum Gasteiger partial charge on any atom is 0.334 e. The van der Waals surface area contributed by atoms with Crippen LogP contribution in [0.2, 0.25) is 0 Å². The van der Waals surface area contributed by atoms with E-state index in [1.807, 2.05) is 0 Å². The molecule has 7 nitrogen and oxygen atoms in total. The van der Waals surface area contributed by atoms with E-state index in [0.717, 1.165) is 0 Å². The third kappa shape index (κ3) is 3.21. The van der Waals surface area contributed by atoms with Gasteiger partial charge in [-0.15, -0.1) is 0 Å². The van der Waals surface area contributed by atoms with Gasteiger partial charge in [0, 0.05) is 35.6 Å². The van der Waals surface area contributed by atoms with Gasteiger partial charge in [0.1, 0.15) is 0 Å². The number of hydrogen-bond acceptors (Lipinski definition) is 4. The summed E-state index contributed by atoms with van der Waals surface area (Å²) in [5.74, 6) is -1.49.